The predicted octanol–water partition coefficient (Wildman–Crippen LogP) is 3.58. The van der Waals surface area contributed by atoms with Gasteiger partial charge in [-0.3, -0.25) is 4.79 Å². The smallest absolute Gasteiger partial charge is 0.252 e. The summed E-state index contributed by atoms with van der Waals surface area (Å²) in [6, 6.07) is 7.48. The molecule has 5 heteroatoms. The molecule has 1 aromatic carbocycles. The van der Waals surface area contributed by atoms with Gasteiger partial charge in [0.05, 0.1) is 18.1 Å². The van der Waals surface area contributed by atoms with E-state index in [0.29, 0.717) is 12.1 Å². The van der Waals surface area contributed by atoms with Gasteiger partial charge in [-0.1, -0.05) is 0 Å². The van der Waals surface area contributed by atoms with Crippen molar-refractivity contribution >= 4 is 44.4 Å². The summed E-state index contributed by atoms with van der Waals surface area (Å²) in [6.45, 7) is 0.466. The highest BCUT2D eigenvalue weighted by Crippen LogP contribution is 2.19. The minimum absolute atomic E-state index is 0.100. The molecule has 88 valence electrons. The second-order valence-electron chi connectivity index (χ2n) is 3.44. The third-order valence-electron chi connectivity index (χ3n) is 2.21. The zero-order valence-electron chi connectivity index (χ0n) is 8.74. The third-order valence-corrected chi connectivity index (χ3v) is 3.57. The second-order valence-corrected chi connectivity index (χ2v) is 5.54. The molecule has 0 spiro atoms. The molecule has 1 amide bonds. The molecule has 0 aliphatic rings. The summed E-state index contributed by atoms with van der Waals surface area (Å²) in [7, 11) is 0. The first-order valence-corrected chi connectivity index (χ1v) is 6.78. The lowest BCUT2D eigenvalue weighted by Crippen LogP contribution is -2.23. The largest absolute Gasteiger partial charge is 0.472 e. The van der Waals surface area contributed by atoms with E-state index >= 15 is 0 Å². The summed E-state index contributed by atoms with van der Waals surface area (Å²) < 4.78 is 6.75. The van der Waals surface area contributed by atoms with Gasteiger partial charge in [0.25, 0.3) is 5.91 Å². The van der Waals surface area contributed by atoms with Crippen LogP contribution in [0, 0.1) is 3.57 Å². The van der Waals surface area contributed by atoms with Crippen molar-refractivity contribution in [2.75, 3.05) is 0 Å². The van der Waals surface area contributed by atoms with Crippen LogP contribution in [0.15, 0.2) is 45.7 Å². The fraction of sp³-hybridized carbons (Fsp3) is 0.0833. The molecule has 1 heterocycles. The molecular formula is C12H9BrINO2. The van der Waals surface area contributed by atoms with E-state index in [4.69, 9.17) is 4.42 Å². The molecule has 2 rings (SSSR count). The molecule has 0 atom stereocenters. The Morgan fingerprint density at radius 3 is 2.94 bits per heavy atom. The average Bonchev–Trinajstić information content (AvgIpc) is 2.82. The molecule has 0 fully saturated rings. The zero-order chi connectivity index (χ0) is 12.3. The summed E-state index contributed by atoms with van der Waals surface area (Å²) in [5.41, 5.74) is 1.58. The van der Waals surface area contributed by atoms with Crippen molar-refractivity contribution in [3.63, 3.8) is 0 Å². The fourth-order valence-electron chi connectivity index (χ4n) is 1.34. The van der Waals surface area contributed by atoms with Crippen LogP contribution in [0.3, 0.4) is 0 Å². The van der Waals surface area contributed by atoms with E-state index in [1.807, 2.05) is 24.3 Å². The SMILES string of the molecule is O=C(NCc1ccoc1)c1cc(I)ccc1Br. The van der Waals surface area contributed by atoms with Gasteiger partial charge in [0.2, 0.25) is 0 Å². The number of nitrogens with one attached hydrogen (secondary N) is 1. The van der Waals surface area contributed by atoms with E-state index in [2.05, 4.69) is 43.8 Å². The molecule has 1 N–H and O–H groups in total. The van der Waals surface area contributed by atoms with E-state index < -0.39 is 0 Å². The van der Waals surface area contributed by atoms with Crippen molar-refractivity contribution in [3.05, 3.63) is 56.0 Å². The molecule has 0 unspecified atom stereocenters. The van der Waals surface area contributed by atoms with Gasteiger partial charge in [0, 0.05) is 20.2 Å². The van der Waals surface area contributed by atoms with Crippen LogP contribution in [-0.4, -0.2) is 5.91 Å². The van der Waals surface area contributed by atoms with Gasteiger partial charge in [-0.2, -0.15) is 0 Å². The van der Waals surface area contributed by atoms with Crippen LogP contribution in [0.5, 0.6) is 0 Å². The van der Waals surface area contributed by atoms with Crippen LogP contribution in [0.2, 0.25) is 0 Å². The normalized spacial score (nSPS) is 10.2. The Labute approximate surface area is 121 Å². The fourth-order valence-corrected chi connectivity index (χ4v) is 2.26. The Balaban J connectivity index is 2.07. The van der Waals surface area contributed by atoms with E-state index in [1.54, 1.807) is 12.5 Å². The molecule has 0 aliphatic carbocycles. The van der Waals surface area contributed by atoms with Gasteiger partial charge in [0.1, 0.15) is 0 Å². The summed E-state index contributed by atoms with van der Waals surface area (Å²) in [5, 5.41) is 2.84. The van der Waals surface area contributed by atoms with Gasteiger partial charge in [0.15, 0.2) is 0 Å². The predicted molar refractivity (Wildman–Crippen MR) is 76.7 cm³/mol. The maximum Gasteiger partial charge on any atom is 0.252 e. The van der Waals surface area contributed by atoms with Crippen LogP contribution in [-0.2, 0) is 6.54 Å². The standard InChI is InChI=1S/C12H9BrINO2/c13-11-2-1-9(14)5-10(11)12(16)15-6-8-3-4-17-7-8/h1-5,7H,6H2,(H,15,16). The highest BCUT2D eigenvalue weighted by Gasteiger charge is 2.10. The Hall–Kier alpha value is -0.820. The van der Waals surface area contributed by atoms with Gasteiger partial charge >= 0.3 is 0 Å². The molecule has 0 bridgehead atoms. The number of halogens is 2. The summed E-state index contributed by atoms with van der Waals surface area (Å²) in [6.07, 6.45) is 3.20. The number of amides is 1. The molecule has 0 saturated carbocycles. The van der Waals surface area contributed by atoms with Gasteiger partial charge in [-0.15, -0.1) is 0 Å². The number of carbonyl (C=O) groups excluding carboxylic acids is 1. The number of hydrogen-bond acceptors (Lipinski definition) is 2. The molecule has 17 heavy (non-hydrogen) atoms. The number of benzene rings is 1. The van der Waals surface area contributed by atoms with Crippen molar-refractivity contribution in [2.24, 2.45) is 0 Å². The van der Waals surface area contributed by atoms with E-state index in [9.17, 15) is 4.79 Å². The van der Waals surface area contributed by atoms with Gasteiger partial charge in [-0.25, -0.2) is 0 Å². The molecular weight excluding hydrogens is 397 g/mol. The lowest BCUT2D eigenvalue weighted by molar-refractivity contribution is 0.0950. The first-order valence-electron chi connectivity index (χ1n) is 4.91. The first kappa shape index (κ1) is 12.6. The van der Waals surface area contributed by atoms with Crippen LogP contribution in [0.1, 0.15) is 15.9 Å². The number of furan rings is 1. The first-order chi connectivity index (χ1) is 8.16. The summed E-state index contributed by atoms with van der Waals surface area (Å²) in [4.78, 5) is 11.9. The summed E-state index contributed by atoms with van der Waals surface area (Å²) in [5.74, 6) is -0.100. The molecule has 2 aromatic rings. The van der Waals surface area contributed by atoms with E-state index in [0.717, 1.165) is 13.6 Å². The quantitative estimate of drug-likeness (QED) is 0.793. The van der Waals surface area contributed by atoms with Crippen molar-refractivity contribution in [2.45, 2.75) is 6.54 Å². The average molecular weight is 406 g/mol. The molecule has 0 aliphatic heterocycles. The lowest BCUT2D eigenvalue weighted by Gasteiger charge is -2.06. The Morgan fingerprint density at radius 2 is 2.24 bits per heavy atom. The Bertz CT molecular complexity index is 525. The maximum absolute atomic E-state index is 11.9. The van der Waals surface area contributed by atoms with Crippen LogP contribution in [0.25, 0.3) is 0 Å². The monoisotopic (exact) mass is 405 g/mol. The molecule has 3 nitrogen and oxygen atoms in total. The maximum atomic E-state index is 11.9. The van der Waals surface area contributed by atoms with Crippen molar-refractivity contribution in [3.8, 4) is 0 Å². The van der Waals surface area contributed by atoms with Crippen molar-refractivity contribution in [1.82, 2.24) is 5.32 Å². The Morgan fingerprint density at radius 1 is 1.41 bits per heavy atom. The number of rotatable bonds is 3. The highest BCUT2D eigenvalue weighted by molar-refractivity contribution is 14.1. The zero-order valence-corrected chi connectivity index (χ0v) is 12.5. The molecule has 0 saturated heterocycles. The van der Waals surface area contributed by atoms with Crippen molar-refractivity contribution < 1.29 is 9.21 Å². The van der Waals surface area contributed by atoms with Crippen LogP contribution >= 0.6 is 38.5 Å². The van der Waals surface area contributed by atoms with Crippen molar-refractivity contribution in [1.29, 1.82) is 0 Å². The van der Waals surface area contributed by atoms with Crippen LogP contribution < -0.4 is 5.32 Å². The topological polar surface area (TPSA) is 42.2 Å². The van der Waals surface area contributed by atoms with E-state index in [1.165, 1.54) is 0 Å². The summed E-state index contributed by atoms with van der Waals surface area (Å²) >= 11 is 5.55. The number of carbonyl (C=O) groups is 1. The van der Waals surface area contributed by atoms with Gasteiger partial charge in [-0.05, 0) is 62.8 Å². The lowest BCUT2D eigenvalue weighted by atomic mass is 10.2. The molecule has 0 radical (unpaired) electrons. The Kier molecular flexibility index (Phi) is 4.22. The number of hydrogen-bond donors (Lipinski definition) is 1. The van der Waals surface area contributed by atoms with Gasteiger partial charge < -0.3 is 9.73 Å². The van der Waals surface area contributed by atoms with Crippen LogP contribution in [0.4, 0.5) is 0 Å². The minimum Gasteiger partial charge on any atom is -0.472 e. The highest BCUT2D eigenvalue weighted by atomic mass is 127. The van der Waals surface area contributed by atoms with E-state index in [-0.39, 0.29) is 5.91 Å². The minimum atomic E-state index is -0.100. The molecule has 1 aromatic heterocycles. The third kappa shape index (κ3) is 3.32. The second kappa shape index (κ2) is 5.68.